The van der Waals surface area contributed by atoms with Crippen LogP contribution in [0.15, 0.2) is 42.5 Å². The number of rotatable bonds is 7. The van der Waals surface area contributed by atoms with Gasteiger partial charge in [0.05, 0.1) is 6.61 Å². The summed E-state index contributed by atoms with van der Waals surface area (Å²) < 4.78 is 4.82. The first kappa shape index (κ1) is 14.5. The molecule has 0 heterocycles. The maximum absolute atomic E-state index is 11.1. The van der Waals surface area contributed by atoms with E-state index in [4.69, 9.17) is 4.74 Å². The summed E-state index contributed by atoms with van der Waals surface area (Å²) in [7, 11) is 0. The van der Waals surface area contributed by atoms with E-state index in [2.05, 4.69) is 24.4 Å². The molecule has 0 bridgehead atoms. The van der Waals surface area contributed by atoms with Gasteiger partial charge in [-0.2, -0.15) is 0 Å². The van der Waals surface area contributed by atoms with Gasteiger partial charge in [-0.15, -0.1) is 0 Å². The lowest BCUT2D eigenvalue weighted by molar-refractivity contribution is -0.137. The number of hydrogen-bond acceptors (Lipinski definition) is 3. The summed E-state index contributed by atoms with van der Waals surface area (Å²) >= 11 is 0. The van der Waals surface area contributed by atoms with Crippen molar-refractivity contribution in [3.8, 4) is 0 Å². The van der Waals surface area contributed by atoms with E-state index in [9.17, 15) is 4.79 Å². The molecule has 1 N–H and O–H groups in total. The predicted octanol–water partition coefficient (Wildman–Crippen LogP) is 2.53. The number of esters is 1. The molecule has 0 aliphatic heterocycles. The van der Waals surface area contributed by atoms with Crippen molar-refractivity contribution in [2.75, 3.05) is 13.2 Å². The van der Waals surface area contributed by atoms with Crippen molar-refractivity contribution < 1.29 is 9.53 Å². The smallest absolute Gasteiger partial charge is 0.330 e. The van der Waals surface area contributed by atoms with Crippen LogP contribution in [0, 0.1) is 5.92 Å². The molecule has 0 saturated carbocycles. The zero-order valence-electron chi connectivity index (χ0n) is 11.1. The fourth-order valence-corrected chi connectivity index (χ4v) is 1.54. The van der Waals surface area contributed by atoms with Crippen LogP contribution < -0.4 is 5.32 Å². The van der Waals surface area contributed by atoms with Crippen LogP contribution in [0.1, 0.15) is 19.4 Å². The number of ether oxygens (including phenoxy) is 1. The SMILES string of the molecule is CCOC(=O)/C=C/C(C)CNCc1ccccc1. The Bertz CT molecular complexity index is 373. The van der Waals surface area contributed by atoms with Crippen molar-refractivity contribution in [1.82, 2.24) is 5.32 Å². The zero-order valence-corrected chi connectivity index (χ0v) is 11.1. The molecule has 0 spiro atoms. The van der Waals surface area contributed by atoms with E-state index >= 15 is 0 Å². The summed E-state index contributed by atoms with van der Waals surface area (Å²) in [5.41, 5.74) is 1.26. The Morgan fingerprint density at radius 3 is 2.78 bits per heavy atom. The van der Waals surface area contributed by atoms with E-state index in [0.717, 1.165) is 13.1 Å². The second-order valence-electron chi connectivity index (χ2n) is 4.20. The van der Waals surface area contributed by atoms with Gasteiger partial charge in [-0.3, -0.25) is 0 Å². The minimum absolute atomic E-state index is 0.271. The summed E-state index contributed by atoms with van der Waals surface area (Å²) in [5.74, 6) is 0.0329. The molecule has 98 valence electrons. The van der Waals surface area contributed by atoms with Crippen molar-refractivity contribution in [3.63, 3.8) is 0 Å². The van der Waals surface area contributed by atoms with Gasteiger partial charge in [0, 0.05) is 19.2 Å². The van der Waals surface area contributed by atoms with Crippen molar-refractivity contribution in [2.24, 2.45) is 5.92 Å². The van der Waals surface area contributed by atoms with Gasteiger partial charge in [0.25, 0.3) is 0 Å². The van der Waals surface area contributed by atoms with Crippen molar-refractivity contribution in [1.29, 1.82) is 0 Å². The Hall–Kier alpha value is -1.61. The molecular formula is C15H21NO2. The first-order valence-corrected chi connectivity index (χ1v) is 6.32. The Kier molecular flexibility index (Phi) is 6.81. The maximum atomic E-state index is 11.1. The lowest BCUT2D eigenvalue weighted by atomic mass is 10.1. The second-order valence-corrected chi connectivity index (χ2v) is 4.20. The molecule has 1 unspecified atom stereocenters. The summed E-state index contributed by atoms with van der Waals surface area (Å²) in [4.78, 5) is 11.1. The number of hydrogen-bond donors (Lipinski definition) is 1. The third-order valence-corrected chi connectivity index (χ3v) is 2.49. The largest absolute Gasteiger partial charge is 0.463 e. The minimum Gasteiger partial charge on any atom is -0.463 e. The summed E-state index contributed by atoms with van der Waals surface area (Å²) in [6.45, 7) is 5.97. The Labute approximate surface area is 109 Å². The summed E-state index contributed by atoms with van der Waals surface area (Å²) in [6.07, 6.45) is 3.37. The first-order chi connectivity index (χ1) is 8.72. The summed E-state index contributed by atoms with van der Waals surface area (Å²) in [5, 5.41) is 3.35. The van der Waals surface area contributed by atoms with E-state index in [1.165, 1.54) is 11.6 Å². The summed E-state index contributed by atoms with van der Waals surface area (Å²) in [6, 6.07) is 10.2. The van der Waals surface area contributed by atoms with Crippen LogP contribution >= 0.6 is 0 Å². The minimum atomic E-state index is -0.271. The van der Waals surface area contributed by atoms with Crippen LogP contribution in [0.3, 0.4) is 0 Å². The Morgan fingerprint density at radius 2 is 2.11 bits per heavy atom. The van der Waals surface area contributed by atoms with Gasteiger partial charge in [0.15, 0.2) is 0 Å². The van der Waals surface area contributed by atoms with E-state index in [1.54, 1.807) is 6.92 Å². The Balaban J connectivity index is 2.21. The van der Waals surface area contributed by atoms with E-state index in [0.29, 0.717) is 12.5 Å². The number of nitrogens with one attached hydrogen (secondary N) is 1. The van der Waals surface area contributed by atoms with Crippen molar-refractivity contribution in [2.45, 2.75) is 20.4 Å². The quantitative estimate of drug-likeness (QED) is 0.594. The van der Waals surface area contributed by atoms with E-state index in [-0.39, 0.29) is 5.97 Å². The molecule has 0 radical (unpaired) electrons. The molecule has 1 aromatic carbocycles. The van der Waals surface area contributed by atoms with Crippen molar-refractivity contribution >= 4 is 5.97 Å². The van der Waals surface area contributed by atoms with Crippen LogP contribution in [0.2, 0.25) is 0 Å². The van der Waals surface area contributed by atoms with Gasteiger partial charge in [-0.1, -0.05) is 43.3 Å². The van der Waals surface area contributed by atoms with Gasteiger partial charge < -0.3 is 10.1 Å². The molecule has 1 atom stereocenters. The third kappa shape index (κ3) is 6.21. The monoisotopic (exact) mass is 247 g/mol. The highest BCUT2D eigenvalue weighted by molar-refractivity contribution is 5.81. The van der Waals surface area contributed by atoms with Gasteiger partial charge in [-0.05, 0) is 18.4 Å². The van der Waals surface area contributed by atoms with Gasteiger partial charge in [-0.25, -0.2) is 4.79 Å². The topological polar surface area (TPSA) is 38.3 Å². The molecular weight excluding hydrogens is 226 g/mol. The van der Waals surface area contributed by atoms with E-state index in [1.807, 2.05) is 24.3 Å². The molecule has 0 aliphatic carbocycles. The molecule has 1 aromatic rings. The lowest BCUT2D eigenvalue weighted by Gasteiger charge is -2.08. The number of carbonyl (C=O) groups is 1. The molecule has 1 rings (SSSR count). The molecule has 0 aliphatic rings. The zero-order chi connectivity index (χ0) is 13.2. The highest BCUT2D eigenvalue weighted by Gasteiger charge is 1.99. The molecule has 3 nitrogen and oxygen atoms in total. The highest BCUT2D eigenvalue weighted by Crippen LogP contribution is 2.00. The van der Waals surface area contributed by atoms with Gasteiger partial charge >= 0.3 is 5.97 Å². The maximum Gasteiger partial charge on any atom is 0.330 e. The average Bonchev–Trinajstić information content (AvgIpc) is 2.38. The van der Waals surface area contributed by atoms with Crippen LogP contribution in [-0.2, 0) is 16.1 Å². The average molecular weight is 247 g/mol. The van der Waals surface area contributed by atoms with Crippen LogP contribution in [0.4, 0.5) is 0 Å². The predicted molar refractivity (Wildman–Crippen MR) is 73.1 cm³/mol. The third-order valence-electron chi connectivity index (χ3n) is 2.49. The first-order valence-electron chi connectivity index (χ1n) is 6.32. The molecule has 0 aromatic heterocycles. The lowest BCUT2D eigenvalue weighted by Crippen LogP contribution is -2.19. The molecule has 0 fully saturated rings. The van der Waals surface area contributed by atoms with Crippen molar-refractivity contribution in [3.05, 3.63) is 48.0 Å². The fourth-order valence-electron chi connectivity index (χ4n) is 1.54. The normalized spacial score (nSPS) is 12.6. The number of benzene rings is 1. The van der Waals surface area contributed by atoms with Gasteiger partial charge in [0.1, 0.15) is 0 Å². The van der Waals surface area contributed by atoms with Crippen LogP contribution in [0.5, 0.6) is 0 Å². The molecule has 18 heavy (non-hydrogen) atoms. The second kappa shape index (κ2) is 8.48. The van der Waals surface area contributed by atoms with Gasteiger partial charge in [0.2, 0.25) is 0 Å². The van der Waals surface area contributed by atoms with E-state index < -0.39 is 0 Å². The number of carbonyl (C=O) groups excluding carboxylic acids is 1. The molecule has 0 amide bonds. The molecule has 3 heteroatoms. The van der Waals surface area contributed by atoms with Crippen LogP contribution in [-0.4, -0.2) is 19.1 Å². The highest BCUT2D eigenvalue weighted by atomic mass is 16.5. The molecule has 0 saturated heterocycles. The standard InChI is InChI=1S/C15H21NO2/c1-3-18-15(17)10-9-13(2)11-16-12-14-7-5-4-6-8-14/h4-10,13,16H,3,11-12H2,1-2H3/b10-9+. The Morgan fingerprint density at radius 1 is 1.39 bits per heavy atom. The fraction of sp³-hybridized carbons (Fsp3) is 0.400. The van der Waals surface area contributed by atoms with Crippen LogP contribution in [0.25, 0.3) is 0 Å².